The molecule has 0 aliphatic heterocycles. The summed E-state index contributed by atoms with van der Waals surface area (Å²) in [6.45, 7) is 0.323. The van der Waals surface area contributed by atoms with Crippen molar-refractivity contribution < 1.29 is 4.79 Å². The SMILES string of the molecule is NC(=O)C(Cl)Cn1cccn1. The lowest BCUT2D eigenvalue weighted by atomic mass is 10.4. The van der Waals surface area contributed by atoms with Crippen molar-refractivity contribution in [2.24, 2.45) is 5.73 Å². The van der Waals surface area contributed by atoms with Crippen LogP contribution in [0.2, 0.25) is 0 Å². The quantitative estimate of drug-likeness (QED) is 0.653. The van der Waals surface area contributed by atoms with Crippen LogP contribution in [0.4, 0.5) is 0 Å². The van der Waals surface area contributed by atoms with Crippen molar-refractivity contribution in [2.45, 2.75) is 11.9 Å². The summed E-state index contributed by atoms with van der Waals surface area (Å²) in [5.74, 6) is -0.526. The Hall–Kier alpha value is -1.03. The lowest BCUT2D eigenvalue weighted by Crippen LogP contribution is -2.27. The number of aromatic nitrogens is 2. The molecule has 5 heteroatoms. The molecule has 0 saturated carbocycles. The van der Waals surface area contributed by atoms with E-state index in [2.05, 4.69) is 5.10 Å². The minimum atomic E-state index is -0.685. The average molecular weight is 174 g/mol. The van der Waals surface area contributed by atoms with E-state index in [9.17, 15) is 4.79 Å². The number of nitrogens with two attached hydrogens (primary N) is 1. The summed E-state index contributed by atoms with van der Waals surface area (Å²) in [5.41, 5.74) is 4.94. The van der Waals surface area contributed by atoms with Crippen molar-refractivity contribution in [2.75, 3.05) is 0 Å². The summed E-state index contributed by atoms with van der Waals surface area (Å²) in [6.07, 6.45) is 3.34. The summed E-state index contributed by atoms with van der Waals surface area (Å²) in [4.78, 5) is 10.5. The lowest BCUT2D eigenvalue weighted by molar-refractivity contribution is -0.117. The van der Waals surface area contributed by atoms with Crippen molar-refractivity contribution >= 4 is 17.5 Å². The Kier molecular flexibility index (Phi) is 2.48. The second kappa shape index (κ2) is 3.39. The van der Waals surface area contributed by atoms with Crippen LogP contribution in [-0.2, 0) is 11.3 Å². The fourth-order valence-electron chi connectivity index (χ4n) is 0.663. The molecule has 4 nitrogen and oxygen atoms in total. The maximum absolute atomic E-state index is 10.5. The normalized spacial score (nSPS) is 12.8. The number of nitrogens with zero attached hydrogens (tertiary/aromatic N) is 2. The fourth-order valence-corrected chi connectivity index (χ4v) is 0.804. The van der Waals surface area contributed by atoms with Crippen LogP contribution in [-0.4, -0.2) is 21.1 Å². The first-order valence-corrected chi connectivity index (χ1v) is 3.54. The third kappa shape index (κ3) is 2.23. The minimum Gasteiger partial charge on any atom is -0.368 e. The van der Waals surface area contributed by atoms with Gasteiger partial charge in [-0.3, -0.25) is 9.48 Å². The Morgan fingerprint density at radius 3 is 3.00 bits per heavy atom. The van der Waals surface area contributed by atoms with Gasteiger partial charge in [0, 0.05) is 12.4 Å². The number of primary amides is 1. The highest BCUT2D eigenvalue weighted by molar-refractivity contribution is 6.30. The van der Waals surface area contributed by atoms with Gasteiger partial charge in [0.25, 0.3) is 0 Å². The van der Waals surface area contributed by atoms with E-state index in [1.807, 2.05) is 0 Å². The van der Waals surface area contributed by atoms with Crippen LogP contribution in [0.25, 0.3) is 0 Å². The van der Waals surface area contributed by atoms with E-state index in [0.717, 1.165) is 0 Å². The van der Waals surface area contributed by atoms with Gasteiger partial charge in [0.05, 0.1) is 6.54 Å². The number of rotatable bonds is 3. The van der Waals surface area contributed by atoms with Gasteiger partial charge in [-0.2, -0.15) is 5.10 Å². The zero-order valence-corrected chi connectivity index (χ0v) is 6.53. The minimum absolute atomic E-state index is 0.323. The van der Waals surface area contributed by atoms with Crippen LogP contribution in [0, 0.1) is 0 Å². The first kappa shape index (κ1) is 8.07. The average Bonchev–Trinajstić information content (AvgIpc) is 2.39. The van der Waals surface area contributed by atoms with Crippen molar-refractivity contribution in [3.8, 4) is 0 Å². The summed E-state index contributed by atoms with van der Waals surface area (Å²) < 4.78 is 1.56. The van der Waals surface area contributed by atoms with Crippen LogP contribution in [0.5, 0.6) is 0 Å². The topological polar surface area (TPSA) is 60.9 Å². The molecule has 0 radical (unpaired) electrons. The smallest absolute Gasteiger partial charge is 0.237 e. The van der Waals surface area contributed by atoms with E-state index < -0.39 is 11.3 Å². The van der Waals surface area contributed by atoms with Gasteiger partial charge < -0.3 is 5.73 Å². The number of amides is 1. The third-order valence-electron chi connectivity index (χ3n) is 1.22. The molecule has 0 spiro atoms. The molecule has 1 heterocycles. The summed E-state index contributed by atoms with van der Waals surface area (Å²) in [5, 5.41) is 3.18. The molecule has 60 valence electrons. The number of hydrogen-bond acceptors (Lipinski definition) is 2. The molecule has 1 aromatic heterocycles. The number of carbonyl (C=O) groups excluding carboxylic acids is 1. The molecule has 0 aliphatic carbocycles. The van der Waals surface area contributed by atoms with Gasteiger partial charge in [-0.15, -0.1) is 11.6 Å². The largest absolute Gasteiger partial charge is 0.368 e. The van der Waals surface area contributed by atoms with E-state index >= 15 is 0 Å². The molecule has 2 N–H and O–H groups in total. The summed E-state index contributed by atoms with van der Waals surface area (Å²) in [6, 6.07) is 1.75. The molecular formula is C6H8ClN3O. The molecule has 0 fully saturated rings. The number of alkyl halides is 1. The van der Waals surface area contributed by atoms with Crippen molar-refractivity contribution in [1.82, 2.24) is 9.78 Å². The Bertz CT molecular complexity index is 234. The third-order valence-corrected chi connectivity index (χ3v) is 1.57. The van der Waals surface area contributed by atoms with E-state index in [1.165, 1.54) is 0 Å². The predicted octanol–water partition coefficient (Wildman–Crippen LogP) is -0.0242. The second-order valence-corrected chi connectivity index (χ2v) is 2.62. The Balaban J connectivity index is 2.50. The molecular weight excluding hydrogens is 166 g/mol. The van der Waals surface area contributed by atoms with Gasteiger partial charge in [0.15, 0.2) is 0 Å². The van der Waals surface area contributed by atoms with Crippen LogP contribution < -0.4 is 5.73 Å². The van der Waals surface area contributed by atoms with Crippen LogP contribution in [0.15, 0.2) is 18.5 Å². The molecule has 11 heavy (non-hydrogen) atoms. The number of hydrogen-bond donors (Lipinski definition) is 1. The van der Waals surface area contributed by atoms with Gasteiger partial charge in [-0.1, -0.05) is 0 Å². The Morgan fingerprint density at radius 2 is 2.55 bits per heavy atom. The van der Waals surface area contributed by atoms with Crippen LogP contribution >= 0.6 is 11.6 Å². The summed E-state index contributed by atoms with van der Waals surface area (Å²) >= 11 is 5.57. The van der Waals surface area contributed by atoms with Gasteiger partial charge in [-0.05, 0) is 6.07 Å². The van der Waals surface area contributed by atoms with Crippen molar-refractivity contribution in [3.63, 3.8) is 0 Å². The number of halogens is 1. The Morgan fingerprint density at radius 1 is 1.82 bits per heavy atom. The summed E-state index contributed by atoms with van der Waals surface area (Å²) in [7, 11) is 0. The molecule has 0 saturated heterocycles. The van der Waals surface area contributed by atoms with Crippen LogP contribution in [0.1, 0.15) is 0 Å². The highest BCUT2D eigenvalue weighted by Gasteiger charge is 2.11. The zero-order chi connectivity index (χ0) is 8.27. The van der Waals surface area contributed by atoms with E-state index in [-0.39, 0.29) is 0 Å². The number of carbonyl (C=O) groups is 1. The van der Waals surface area contributed by atoms with Gasteiger partial charge in [0.1, 0.15) is 5.38 Å². The highest BCUT2D eigenvalue weighted by atomic mass is 35.5. The molecule has 1 unspecified atom stereocenters. The highest BCUT2D eigenvalue weighted by Crippen LogP contribution is 1.97. The first-order chi connectivity index (χ1) is 5.20. The maximum Gasteiger partial charge on any atom is 0.237 e. The van der Waals surface area contributed by atoms with Gasteiger partial charge in [0.2, 0.25) is 5.91 Å². The van der Waals surface area contributed by atoms with Gasteiger partial charge in [-0.25, -0.2) is 0 Å². The molecule has 1 aromatic rings. The van der Waals surface area contributed by atoms with E-state index in [4.69, 9.17) is 17.3 Å². The fraction of sp³-hybridized carbons (Fsp3) is 0.333. The van der Waals surface area contributed by atoms with Gasteiger partial charge >= 0.3 is 0 Å². The van der Waals surface area contributed by atoms with E-state index in [0.29, 0.717) is 6.54 Å². The molecule has 1 atom stereocenters. The lowest BCUT2D eigenvalue weighted by Gasteiger charge is -2.03. The first-order valence-electron chi connectivity index (χ1n) is 3.11. The molecule has 0 bridgehead atoms. The zero-order valence-electron chi connectivity index (χ0n) is 5.77. The Labute approximate surface area is 68.9 Å². The van der Waals surface area contributed by atoms with E-state index in [1.54, 1.807) is 23.1 Å². The van der Waals surface area contributed by atoms with Crippen molar-refractivity contribution in [3.05, 3.63) is 18.5 Å². The second-order valence-electron chi connectivity index (χ2n) is 2.10. The molecule has 0 aliphatic rings. The predicted molar refractivity (Wildman–Crippen MR) is 41.1 cm³/mol. The maximum atomic E-state index is 10.5. The standard InChI is InChI=1S/C6H8ClN3O/c7-5(6(8)11)4-10-3-1-2-9-10/h1-3,5H,4H2,(H2,8,11). The monoisotopic (exact) mass is 173 g/mol. The molecule has 1 rings (SSSR count). The van der Waals surface area contributed by atoms with Crippen molar-refractivity contribution in [1.29, 1.82) is 0 Å². The van der Waals surface area contributed by atoms with Crippen LogP contribution in [0.3, 0.4) is 0 Å². The molecule has 1 amide bonds. The molecule has 0 aromatic carbocycles.